The van der Waals surface area contributed by atoms with Crippen molar-refractivity contribution in [2.45, 2.75) is 37.8 Å². The van der Waals surface area contributed by atoms with Crippen LogP contribution in [0, 0.1) is 0 Å². The minimum absolute atomic E-state index is 0.352. The van der Waals surface area contributed by atoms with Crippen LogP contribution in [0.15, 0.2) is 0 Å². The number of methoxy groups -OCH3 is 1. The Morgan fingerprint density at radius 1 is 1.65 bits per heavy atom. The van der Waals surface area contributed by atoms with Crippen molar-refractivity contribution >= 4 is 5.97 Å². The van der Waals surface area contributed by atoms with E-state index in [2.05, 4.69) is 10.2 Å². The summed E-state index contributed by atoms with van der Waals surface area (Å²) in [6, 6.07) is 0. The second-order valence-electron chi connectivity index (χ2n) is 4.94. The fraction of sp³-hybridized carbons (Fsp3) is 0.917. The second kappa shape index (κ2) is 6.33. The molecule has 0 spiro atoms. The Bertz CT molecular complexity index is 260. The summed E-state index contributed by atoms with van der Waals surface area (Å²) in [7, 11) is 3.45. The van der Waals surface area contributed by atoms with Crippen LogP contribution >= 0.6 is 0 Å². The first-order valence-corrected chi connectivity index (χ1v) is 6.19. The molecule has 0 aromatic carbocycles. The first kappa shape index (κ1) is 14.4. The van der Waals surface area contributed by atoms with Gasteiger partial charge >= 0.3 is 5.97 Å². The van der Waals surface area contributed by atoms with Crippen LogP contribution in [0.1, 0.15) is 26.2 Å². The fourth-order valence-corrected chi connectivity index (χ4v) is 2.19. The van der Waals surface area contributed by atoms with Gasteiger partial charge in [-0.25, -0.2) is 0 Å². The summed E-state index contributed by atoms with van der Waals surface area (Å²) >= 11 is 0. The van der Waals surface area contributed by atoms with Gasteiger partial charge in [0.25, 0.3) is 0 Å². The highest BCUT2D eigenvalue weighted by atomic mass is 16.5. The number of ether oxygens (including phenoxy) is 1. The minimum atomic E-state index is -0.805. The van der Waals surface area contributed by atoms with E-state index in [-0.39, 0.29) is 0 Å². The molecule has 5 nitrogen and oxygen atoms in total. The maximum absolute atomic E-state index is 11.1. The number of rotatable bonds is 7. The van der Waals surface area contributed by atoms with E-state index >= 15 is 0 Å². The van der Waals surface area contributed by atoms with Crippen molar-refractivity contribution in [2.24, 2.45) is 0 Å². The van der Waals surface area contributed by atoms with Gasteiger partial charge in [0.15, 0.2) is 0 Å². The van der Waals surface area contributed by atoms with Gasteiger partial charge in [-0.2, -0.15) is 0 Å². The predicted molar refractivity (Wildman–Crippen MR) is 66.2 cm³/mol. The topological polar surface area (TPSA) is 61.8 Å². The van der Waals surface area contributed by atoms with Gasteiger partial charge in [-0.05, 0) is 39.8 Å². The van der Waals surface area contributed by atoms with Crippen molar-refractivity contribution in [1.29, 1.82) is 0 Å². The fourth-order valence-electron chi connectivity index (χ4n) is 2.19. The third kappa shape index (κ3) is 3.94. The van der Waals surface area contributed by atoms with Crippen molar-refractivity contribution in [3.8, 4) is 0 Å². The van der Waals surface area contributed by atoms with Crippen LogP contribution in [-0.4, -0.2) is 61.4 Å². The van der Waals surface area contributed by atoms with Crippen LogP contribution in [0.3, 0.4) is 0 Å². The van der Waals surface area contributed by atoms with E-state index in [1.165, 1.54) is 0 Å². The van der Waals surface area contributed by atoms with E-state index in [1.54, 1.807) is 21.1 Å². The lowest BCUT2D eigenvalue weighted by atomic mass is 9.96. The molecule has 5 heteroatoms. The lowest BCUT2D eigenvalue weighted by molar-refractivity contribution is -0.144. The van der Waals surface area contributed by atoms with Crippen LogP contribution in [0.25, 0.3) is 0 Å². The molecule has 2 N–H and O–H groups in total. The monoisotopic (exact) mass is 244 g/mol. The molecule has 1 aliphatic rings. The lowest BCUT2D eigenvalue weighted by Crippen LogP contribution is -2.47. The van der Waals surface area contributed by atoms with Crippen LogP contribution < -0.4 is 5.32 Å². The van der Waals surface area contributed by atoms with Crippen molar-refractivity contribution < 1.29 is 14.6 Å². The standard InChI is InChI=1S/C12H24N2O3/c1-12(13-2,11(15)16)6-4-7-14-8-5-10(9-14)17-3/h10,13H,4-9H2,1-3H3,(H,15,16). The smallest absolute Gasteiger partial charge is 0.323 e. The number of aliphatic carboxylic acids is 1. The Balaban J connectivity index is 2.26. The predicted octanol–water partition coefficient (Wildman–Crippen LogP) is 0.550. The zero-order valence-corrected chi connectivity index (χ0v) is 11.0. The number of likely N-dealkylation sites (N-methyl/N-ethyl adjacent to an activating group) is 1. The quantitative estimate of drug-likeness (QED) is 0.685. The number of hydrogen-bond donors (Lipinski definition) is 2. The molecule has 0 amide bonds. The minimum Gasteiger partial charge on any atom is -0.480 e. The SMILES string of the molecule is CNC(C)(CCCN1CCC(OC)C1)C(=O)O. The number of nitrogens with zero attached hydrogens (tertiary/aromatic N) is 1. The molecule has 17 heavy (non-hydrogen) atoms. The van der Waals surface area contributed by atoms with Crippen molar-refractivity contribution in [1.82, 2.24) is 10.2 Å². The van der Waals surface area contributed by atoms with E-state index in [9.17, 15) is 4.79 Å². The maximum atomic E-state index is 11.1. The summed E-state index contributed by atoms with van der Waals surface area (Å²) in [5.41, 5.74) is -0.805. The molecule has 1 fully saturated rings. The Kier molecular flexibility index (Phi) is 5.36. The molecular weight excluding hydrogens is 220 g/mol. The van der Waals surface area contributed by atoms with Gasteiger partial charge in [0.2, 0.25) is 0 Å². The van der Waals surface area contributed by atoms with Gasteiger partial charge in [0.1, 0.15) is 5.54 Å². The number of carboxylic acids is 1. The molecule has 2 unspecified atom stereocenters. The Labute approximate surface area is 103 Å². The van der Waals surface area contributed by atoms with Crippen LogP contribution in [0.2, 0.25) is 0 Å². The summed E-state index contributed by atoms with van der Waals surface area (Å²) in [5.74, 6) is -0.781. The zero-order chi connectivity index (χ0) is 12.9. The average molecular weight is 244 g/mol. The van der Waals surface area contributed by atoms with Crippen LogP contribution in [0.5, 0.6) is 0 Å². The second-order valence-corrected chi connectivity index (χ2v) is 4.94. The zero-order valence-electron chi connectivity index (χ0n) is 11.0. The Morgan fingerprint density at radius 2 is 2.35 bits per heavy atom. The van der Waals surface area contributed by atoms with Gasteiger partial charge < -0.3 is 20.1 Å². The Morgan fingerprint density at radius 3 is 2.82 bits per heavy atom. The van der Waals surface area contributed by atoms with Gasteiger partial charge in [0.05, 0.1) is 6.10 Å². The largest absolute Gasteiger partial charge is 0.480 e. The highest BCUT2D eigenvalue weighted by Crippen LogP contribution is 2.16. The van der Waals surface area contributed by atoms with E-state index in [0.29, 0.717) is 12.5 Å². The highest BCUT2D eigenvalue weighted by Gasteiger charge is 2.31. The van der Waals surface area contributed by atoms with Crippen molar-refractivity contribution in [2.75, 3.05) is 33.8 Å². The number of likely N-dealkylation sites (tertiary alicyclic amines) is 1. The van der Waals surface area contributed by atoms with Gasteiger partial charge in [0, 0.05) is 20.2 Å². The lowest BCUT2D eigenvalue weighted by Gasteiger charge is -2.25. The van der Waals surface area contributed by atoms with E-state index in [0.717, 1.165) is 32.5 Å². The van der Waals surface area contributed by atoms with Crippen LogP contribution in [0.4, 0.5) is 0 Å². The molecule has 0 aliphatic carbocycles. The maximum Gasteiger partial charge on any atom is 0.323 e. The summed E-state index contributed by atoms with van der Waals surface area (Å²) in [5, 5.41) is 12.0. The third-order valence-corrected chi connectivity index (χ3v) is 3.74. The molecule has 0 radical (unpaired) electrons. The van der Waals surface area contributed by atoms with E-state index in [4.69, 9.17) is 9.84 Å². The number of carboxylic acid groups (broad SMARTS) is 1. The summed E-state index contributed by atoms with van der Waals surface area (Å²) in [6.45, 7) is 4.71. The summed E-state index contributed by atoms with van der Waals surface area (Å²) in [4.78, 5) is 13.4. The molecule has 1 rings (SSSR count). The molecule has 0 aromatic heterocycles. The van der Waals surface area contributed by atoms with Gasteiger partial charge in [-0.1, -0.05) is 0 Å². The van der Waals surface area contributed by atoms with Crippen LogP contribution in [-0.2, 0) is 9.53 Å². The van der Waals surface area contributed by atoms with Gasteiger partial charge in [-0.15, -0.1) is 0 Å². The third-order valence-electron chi connectivity index (χ3n) is 3.74. The van der Waals surface area contributed by atoms with E-state index in [1.807, 2.05) is 0 Å². The highest BCUT2D eigenvalue weighted by molar-refractivity contribution is 5.78. The first-order chi connectivity index (χ1) is 8.01. The first-order valence-electron chi connectivity index (χ1n) is 6.19. The molecule has 1 heterocycles. The number of hydrogen-bond acceptors (Lipinski definition) is 4. The summed E-state index contributed by atoms with van der Waals surface area (Å²) < 4.78 is 5.30. The van der Waals surface area contributed by atoms with E-state index < -0.39 is 11.5 Å². The van der Waals surface area contributed by atoms with Gasteiger partial charge in [-0.3, -0.25) is 4.79 Å². The molecule has 0 aromatic rings. The molecule has 100 valence electrons. The molecule has 0 bridgehead atoms. The summed E-state index contributed by atoms with van der Waals surface area (Å²) in [6.07, 6.45) is 2.97. The molecule has 1 aliphatic heterocycles. The molecular formula is C12H24N2O3. The number of carbonyl (C=O) groups is 1. The normalized spacial score (nSPS) is 24.8. The molecule has 2 atom stereocenters. The average Bonchev–Trinajstić information content (AvgIpc) is 2.76. The van der Waals surface area contributed by atoms with Crippen molar-refractivity contribution in [3.63, 3.8) is 0 Å². The molecule has 1 saturated heterocycles. The number of nitrogens with one attached hydrogen (secondary N) is 1. The molecule has 0 saturated carbocycles. The Hall–Kier alpha value is -0.650. The van der Waals surface area contributed by atoms with Crippen molar-refractivity contribution in [3.05, 3.63) is 0 Å².